The van der Waals surface area contributed by atoms with Crippen LogP contribution in [0.2, 0.25) is 0 Å². The highest BCUT2D eigenvalue weighted by Crippen LogP contribution is 2.19. The van der Waals surface area contributed by atoms with Crippen molar-refractivity contribution in [2.24, 2.45) is 0 Å². The van der Waals surface area contributed by atoms with Gasteiger partial charge in [-0.05, 0) is 18.2 Å². The van der Waals surface area contributed by atoms with E-state index in [9.17, 15) is 17.9 Å². The number of sulfonamides is 1. The number of anilines is 1. The van der Waals surface area contributed by atoms with Crippen LogP contribution in [0.1, 0.15) is 0 Å². The highest BCUT2D eigenvalue weighted by atomic mass is 32.2. The Kier molecular flexibility index (Phi) is 5.24. The first-order chi connectivity index (χ1) is 8.78. The number of likely N-dealkylation sites (N-methyl/N-ethyl adjacent to an activating group) is 1. The first-order valence-electron chi connectivity index (χ1n) is 5.47. The van der Waals surface area contributed by atoms with Crippen molar-refractivity contribution >= 4 is 15.7 Å². The van der Waals surface area contributed by atoms with Crippen molar-refractivity contribution in [2.45, 2.75) is 11.0 Å². The molecule has 1 aromatic rings. The van der Waals surface area contributed by atoms with E-state index in [4.69, 9.17) is 10.5 Å². The smallest absolute Gasteiger partial charge is 0.243 e. The Morgan fingerprint density at radius 3 is 2.68 bits per heavy atom. The Labute approximate surface area is 111 Å². The lowest BCUT2D eigenvalue weighted by molar-refractivity contribution is 0.0554. The summed E-state index contributed by atoms with van der Waals surface area (Å²) in [4.78, 5) is -0.216. The molecule has 0 amide bonds. The van der Waals surface area contributed by atoms with E-state index in [0.29, 0.717) is 0 Å². The fraction of sp³-hybridized carbons (Fsp3) is 0.455. The highest BCUT2D eigenvalue weighted by Gasteiger charge is 2.23. The molecule has 0 aliphatic carbocycles. The summed E-state index contributed by atoms with van der Waals surface area (Å²) in [6.45, 7) is -0.141. The van der Waals surface area contributed by atoms with Gasteiger partial charge in [0, 0.05) is 20.7 Å². The molecule has 0 saturated carbocycles. The van der Waals surface area contributed by atoms with E-state index in [1.54, 1.807) is 0 Å². The molecule has 0 aliphatic rings. The van der Waals surface area contributed by atoms with Gasteiger partial charge in [0.1, 0.15) is 5.82 Å². The second-order valence-electron chi connectivity index (χ2n) is 4.08. The standard InChI is InChI=1S/C11H17FN2O4S/c1-14(6-8(15)7-18-2)19(16,17)9-3-4-11(13)10(12)5-9/h3-5,8,15H,6-7,13H2,1-2H3. The SMILES string of the molecule is COCC(O)CN(C)S(=O)(=O)c1ccc(N)c(F)c1. The Morgan fingerprint density at radius 1 is 1.53 bits per heavy atom. The van der Waals surface area contributed by atoms with Crippen molar-refractivity contribution in [3.63, 3.8) is 0 Å². The number of aliphatic hydroxyl groups excluding tert-OH is 1. The largest absolute Gasteiger partial charge is 0.396 e. The summed E-state index contributed by atoms with van der Waals surface area (Å²) in [5, 5.41) is 9.50. The molecule has 0 fully saturated rings. The number of methoxy groups -OCH3 is 1. The molecule has 0 radical (unpaired) electrons. The summed E-state index contributed by atoms with van der Waals surface area (Å²) in [6, 6.07) is 3.25. The average Bonchev–Trinajstić information content (AvgIpc) is 2.32. The van der Waals surface area contributed by atoms with Gasteiger partial charge in [0.2, 0.25) is 10.0 Å². The Bertz CT molecular complexity index is 535. The zero-order chi connectivity index (χ0) is 14.6. The van der Waals surface area contributed by atoms with Crippen molar-refractivity contribution in [3.8, 4) is 0 Å². The lowest BCUT2D eigenvalue weighted by atomic mass is 10.3. The third-order valence-corrected chi connectivity index (χ3v) is 4.33. The Balaban J connectivity index is 2.93. The van der Waals surface area contributed by atoms with Crippen LogP contribution >= 0.6 is 0 Å². The first-order valence-corrected chi connectivity index (χ1v) is 6.91. The number of nitrogens with zero attached hydrogens (tertiary/aromatic N) is 1. The van der Waals surface area contributed by atoms with Crippen molar-refractivity contribution in [3.05, 3.63) is 24.0 Å². The summed E-state index contributed by atoms with van der Waals surface area (Å²) in [5.41, 5.74) is 5.16. The second kappa shape index (κ2) is 6.29. The van der Waals surface area contributed by atoms with E-state index < -0.39 is 21.9 Å². The maximum Gasteiger partial charge on any atom is 0.243 e. The number of benzene rings is 1. The van der Waals surface area contributed by atoms with E-state index in [0.717, 1.165) is 10.4 Å². The predicted octanol–water partition coefficient (Wildman–Crippen LogP) is 0.0357. The van der Waals surface area contributed by atoms with E-state index in [1.165, 1.54) is 26.3 Å². The number of nitrogen functional groups attached to an aromatic ring is 1. The third kappa shape index (κ3) is 3.87. The van der Waals surface area contributed by atoms with Crippen LogP contribution in [0.25, 0.3) is 0 Å². The molecule has 0 aromatic heterocycles. The number of hydrogen-bond donors (Lipinski definition) is 2. The van der Waals surface area contributed by atoms with Gasteiger partial charge in [-0.15, -0.1) is 0 Å². The maximum absolute atomic E-state index is 13.3. The Morgan fingerprint density at radius 2 is 2.16 bits per heavy atom. The second-order valence-corrected chi connectivity index (χ2v) is 6.12. The normalized spacial score (nSPS) is 13.7. The van der Waals surface area contributed by atoms with Crippen LogP contribution in [0.15, 0.2) is 23.1 Å². The van der Waals surface area contributed by atoms with Crippen molar-refractivity contribution in [2.75, 3.05) is 33.0 Å². The number of ether oxygens (including phenoxy) is 1. The van der Waals surface area contributed by atoms with Gasteiger partial charge in [-0.3, -0.25) is 0 Å². The number of halogens is 1. The van der Waals surface area contributed by atoms with Crippen molar-refractivity contribution in [1.29, 1.82) is 0 Å². The molecule has 108 valence electrons. The van der Waals surface area contributed by atoms with Crippen LogP contribution in [0.4, 0.5) is 10.1 Å². The monoisotopic (exact) mass is 292 g/mol. The van der Waals surface area contributed by atoms with Crippen molar-refractivity contribution in [1.82, 2.24) is 4.31 Å². The predicted molar refractivity (Wildman–Crippen MR) is 68.5 cm³/mol. The summed E-state index contributed by atoms with van der Waals surface area (Å²) < 4.78 is 43.1. The fourth-order valence-electron chi connectivity index (χ4n) is 1.49. The maximum atomic E-state index is 13.3. The van der Waals surface area contributed by atoms with Crippen LogP contribution in [-0.4, -0.2) is 51.2 Å². The molecule has 0 spiro atoms. The van der Waals surface area contributed by atoms with E-state index in [-0.39, 0.29) is 23.7 Å². The number of hydrogen-bond acceptors (Lipinski definition) is 5. The van der Waals surface area contributed by atoms with Gasteiger partial charge in [-0.1, -0.05) is 0 Å². The van der Waals surface area contributed by atoms with E-state index in [1.807, 2.05) is 0 Å². The number of aliphatic hydroxyl groups is 1. The van der Waals surface area contributed by atoms with Gasteiger partial charge in [0.05, 0.1) is 23.3 Å². The third-order valence-electron chi connectivity index (χ3n) is 2.51. The summed E-state index contributed by atoms with van der Waals surface area (Å²) in [7, 11) is -1.18. The molecule has 3 N–H and O–H groups in total. The summed E-state index contributed by atoms with van der Waals surface area (Å²) >= 11 is 0. The van der Waals surface area contributed by atoms with Crippen LogP contribution in [0.5, 0.6) is 0 Å². The molecule has 1 unspecified atom stereocenters. The number of nitrogens with two attached hydrogens (primary N) is 1. The van der Waals surface area contributed by atoms with Crippen LogP contribution in [-0.2, 0) is 14.8 Å². The quantitative estimate of drug-likeness (QED) is 0.722. The highest BCUT2D eigenvalue weighted by molar-refractivity contribution is 7.89. The molecular formula is C11H17FN2O4S. The lowest BCUT2D eigenvalue weighted by Gasteiger charge is -2.20. The minimum Gasteiger partial charge on any atom is -0.396 e. The molecular weight excluding hydrogens is 275 g/mol. The molecule has 1 rings (SSSR count). The molecule has 0 heterocycles. The zero-order valence-corrected chi connectivity index (χ0v) is 11.5. The fourth-order valence-corrected chi connectivity index (χ4v) is 2.71. The molecule has 6 nitrogen and oxygen atoms in total. The van der Waals surface area contributed by atoms with Crippen LogP contribution < -0.4 is 5.73 Å². The van der Waals surface area contributed by atoms with Gasteiger partial charge in [-0.25, -0.2) is 12.8 Å². The molecule has 8 heteroatoms. The molecule has 1 aromatic carbocycles. The van der Waals surface area contributed by atoms with E-state index in [2.05, 4.69) is 0 Å². The van der Waals surface area contributed by atoms with Gasteiger partial charge in [-0.2, -0.15) is 4.31 Å². The first kappa shape index (κ1) is 15.8. The average molecular weight is 292 g/mol. The number of rotatable bonds is 6. The molecule has 1 atom stereocenters. The minimum absolute atomic E-state index is 0.00988. The van der Waals surface area contributed by atoms with Gasteiger partial charge in [0.15, 0.2) is 0 Å². The van der Waals surface area contributed by atoms with Crippen LogP contribution in [0, 0.1) is 5.82 Å². The van der Waals surface area contributed by atoms with Gasteiger partial charge >= 0.3 is 0 Å². The summed E-state index contributed by atoms with van der Waals surface area (Å²) in [5.74, 6) is -0.799. The minimum atomic E-state index is -3.87. The molecule has 0 bridgehead atoms. The van der Waals surface area contributed by atoms with Gasteiger partial charge in [0.25, 0.3) is 0 Å². The lowest BCUT2D eigenvalue weighted by Crippen LogP contribution is -2.36. The zero-order valence-electron chi connectivity index (χ0n) is 10.7. The van der Waals surface area contributed by atoms with E-state index >= 15 is 0 Å². The topological polar surface area (TPSA) is 92.9 Å². The molecule has 0 aliphatic heterocycles. The van der Waals surface area contributed by atoms with Crippen molar-refractivity contribution < 1.29 is 22.7 Å². The van der Waals surface area contributed by atoms with Crippen LogP contribution in [0.3, 0.4) is 0 Å². The van der Waals surface area contributed by atoms with Gasteiger partial charge < -0.3 is 15.6 Å². The molecule has 0 saturated heterocycles. The Hall–Kier alpha value is -1.22. The molecule has 19 heavy (non-hydrogen) atoms. The summed E-state index contributed by atoms with van der Waals surface area (Å²) in [6.07, 6.45) is -0.955.